The Balaban J connectivity index is 1.74. The summed E-state index contributed by atoms with van der Waals surface area (Å²) in [4.78, 5) is 16.9. The maximum Gasteiger partial charge on any atom is 0.257 e. The van der Waals surface area contributed by atoms with E-state index in [4.69, 9.17) is 4.74 Å². The average Bonchev–Trinajstić information content (AvgIpc) is 2.99. The number of carbonyl (C=O) groups is 1. The molecule has 1 aromatic heterocycles. The molecule has 4 nitrogen and oxygen atoms in total. The molecule has 1 amide bonds. The molecule has 0 saturated heterocycles. The van der Waals surface area contributed by atoms with Crippen LogP contribution in [0, 0.1) is 0 Å². The first kappa shape index (κ1) is 16.9. The van der Waals surface area contributed by atoms with E-state index in [0.717, 1.165) is 27.5 Å². The van der Waals surface area contributed by atoms with Gasteiger partial charge in [0.1, 0.15) is 5.75 Å². The summed E-state index contributed by atoms with van der Waals surface area (Å²) in [5, 5.41) is 3.44. The van der Waals surface area contributed by atoms with Crippen LogP contribution in [-0.2, 0) is 0 Å². The Hall–Kier alpha value is -1.92. The zero-order valence-electron chi connectivity index (χ0n) is 13.2. The molecule has 0 aliphatic carbocycles. The number of hydrogen-bond donors (Lipinski definition) is 1. The molecule has 24 heavy (non-hydrogen) atoms. The van der Waals surface area contributed by atoms with Crippen molar-refractivity contribution in [1.29, 1.82) is 0 Å². The van der Waals surface area contributed by atoms with Crippen LogP contribution in [0.5, 0.6) is 5.75 Å². The molecule has 0 unspecified atom stereocenters. The lowest BCUT2D eigenvalue weighted by molar-refractivity contribution is 0.102. The second-order valence-corrected chi connectivity index (χ2v) is 7.17. The van der Waals surface area contributed by atoms with E-state index in [1.54, 1.807) is 12.1 Å². The van der Waals surface area contributed by atoms with Gasteiger partial charge in [-0.05, 0) is 52.7 Å². The summed E-state index contributed by atoms with van der Waals surface area (Å²) in [6.07, 6.45) is 2.07. The number of nitrogens with zero attached hydrogens (tertiary/aromatic N) is 1. The van der Waals surface area contributed by atoms with Crippen LogP contribution in [0.25, 0.3) is 10.2 Å². The van der Waals surface area contributed by atoms with Gasteiger partial charge in [-0.15, -0.1) is 0 Å². The fourth-order valence-electron chi connectivity index (χ4n) is 2.20. The van der Waals surface area contributed by atoms with Crippen LogP contribution in [-0.4, -0.2) is 17.5 Å². The topological polar surface area (TPSA) is 51.2 Å². The molecular weight excluding hydrogens is 388 g/mol. The average molecular weight is 405 g/mol. The first-order valence-corrected chi connectivity index (χ1v) is 9.37. The monoisotopic (exact) mass is 404 g/mol. The molecule has 124 valence electrons. The first-order chi connectivity index (χ1) is 11.7. The van der Waals surface area contributed by atoms with Gasteiger partial charge in [0.05, 0.1) is 16.8 Å². The molecule has 0 bridgehead atoms. The number of amides is 1. The Labute approximate surface area is 153 Å². The Bertz CT molecular complexity index is 863. The van der Waals surface area contributed by atoms with Crippen LogP contribution in [0.15, 0.2) is 46.9 Å². The Morgan fingerprint density at radius 2 is 2.12 bits per heavy atom. The fourth-order valence-corrected chi connectivity index (χ4v) is 3.67. The van der Waals surface area contributed by atoms with Gasteiger partial charge in [0.2, 0.25) is 0 Å². The molecule has 1 N–H and O–H groups in total. The molecule has 0 radical (unpaired) electrons. The highest BCUT2D eigenvalue weighted by Crippen LogP contribution is 2.31. The maximum absolute atomic E-state index is 12.4. The molecule has 3 rings (SSSR count). The van der Waals surface area contributed by atoms with Gasteiger partial charge < -0.3 is 4.74 Å². The molecule has 0 saturated carbocycles. The lowest BCUT2D eigenvalue weighted by atomic mass is 10.2. The molecule has 6 heteroatoms. The van der Waals surface area contributed by atoms with E-state index >= 15 is 0 Å². The summed E-state index contributed by atoms with van der Waals surface area (Å²) >= 11 is 4.93. The minimum Gasteiger partial charge on any atom is -0.494 e. The predicted octanol–water partition coefficient (Wildman–Crippen LogP) is 5.49. The SMILES string of the molecule is CCCCOc1cccc(C(=O)Nc2nc3c(Br)cccc3s2)c1. The van der Waals surface area contributed by atoms with Crippen molar-refractivity contribution in [3.05, 3.63) is 52.5 Å². The number of fused-ring (bicyclic) bond motifs is 1. The van der Waals surface area contributed by atoms with Crippen molar-refractivity contribution in [3.8, 4) is 5.75 Å². The second-order valence-electron chi connectivity index (χ2n) is 5.29. The number of ether oxygens (including phenoxy) is 1. The summed E-state index contributed by atoms with van der Waals surface area (Å²) in [6.45, 7) is 2.77. The van der Waals surface area contributed by atoms with Gasteiger partial charge in [-0.1, -0.05) is 36.8 Å². The molecule has 2 aromatic carbocycles. The molecule has 0 fully saturated rings. The molecule has 0 aliphatic heterocycles. The van der Waals surface area contributed by atoms with E-state index in [1.165, 1.54) is 11.3 Å². The van der Waals surface area contributed by atoms with Crippen LogP contribution in [0.4, 0.5) is 5.13 Å². The molecular formula is C18H17BrN2O2S. The summed E-state index contributed by atoms with van der Waals surface area (Å²) < 4.78 is 7.60. The standard InChI is InChI=1S/C18H17BrN2O2S/c1-2-3-10-23-13-7-4-6-12(11-13)17(22)21-18-20-16-14(19)8-5-9-15(16)24-18/h4-9,11H,2-3,10H2,1H3,(H,20,21,22). The molecule has 0 aliphatic rings. The third-order valence-corrected chi connectivity index (χ3v) is 5.03. The van der Waals surface area contributed by atoms with E-state index in [9.17, 15) is 4.79 Å². The molecule has 0 spiro atoms. The van der Waals surface area contributed by atoms with E-state index in [0.29, 0.717) is 23.1 Å². The van der Waals surface area contributed by atoms with Crippen LogP contribution in [0.2, 0.25) is 0 Å². The van der Waals surface area contributed by atoms with Crippen molar-refractivity contribution in [1.82, 2.24) is 4.98 Å². The number of thiazole rings is 1. The lowest BCUT2D eigenvalue weighted by Gasteiger charge is -2.07. The van der Waals surface area contributed by atoms with Crippen LogP contribution in [0.3, 0.4) is 0 Å². The largest absolute Gasteiger partial charge is 0.494 e. The molecule has 3 aromatic rings. The van der Waals surface area contributed by atoms with Gasteiger partial charge in [-0.25, -0.2) is 4.98 Å². The third kappa shape index (κ3) is 3.94. The number of para-hydroxylation sites is 1. The number of halogens is 1. The van der Waals surface area contributed by atoms with Crippen molar-refractivity contribution >= 4 is 48.5 Å². The second kappa shape index (κ2) is 7.77. The highest BCUT2D eigenvalue weighted by atomic mass is 79.9. The van der Waals surface area contributed by atoms with Gasteiger partial charge in [-0.3, -0.25) is 10.1 Å². The Kier molecular flexibility index (Phi) is 5.48. The van der Waals surface area contributed by atoms with Crippen molar-refractivity contribution in [2.24, 2.45) is 0 Å². The summed E-state index contributed by atoms with van der Waals surface area (Å²) in [6, 6.07) is 13.1. The number of benzene rings is 2. The Morgan fingerprint density at radius 3 is 2.92 bits per heavy atom. The number of unbranched alkanes of at least 4 members (excludes halogenated alkanes) is 1. The smallest absolute Gasteiger partial charge is 0.257 e. The van der Waals surface area contributed by atoms with Gasteiger partial charge in [-0.2, -0.15) is 0 Å². The molecule has 1 heterocycles. The minimum atomic E-state index is -0.189. The summed E-state index contributed by atoms with van der Waals surface area (Å²) in [7, 11) is 0. The number of rotatable bonds is 6. The van der Waals surface area contributed by atoms with Crippen LogP contribution in [0.1, 0.15) is 30.1 Å². The van der Waals surface area contributed by atoms with Crippen LogP contribution < -0.4 is 10.1 Å². The number of aromatic nitrogens is 1. The number of carbonyl (C=O) groups excluding carboxylic acids is 1. The lowest BCUT2D eigenvalue weighted by Crippen LogP contribution is -2.11. The third-order valence-electron chi connectivity index (χ3n) is 3.45. The zero-order valence-corrected chi connectivity index (χ0v) is 15.6. The number of hydrogen-bond acceptors (Lipinski definition) is 4. The van der Waals surface area contributed by atoms with E-state index in [-0.39, 0.29) is 5.91 Å². The summed E-state index contributed by atoms with van der Waals surface area (Å²) in [5.74, 6) is 0.522. The van der Waals surface area contributed by atoms with Gasteiger partial charge >= 0.3 is 0 Å². The van der Waals surface area contributed by atoms with E-state index < -0.39 is 0 Å². The predicted molar refractivity (Wildman–Crippen MR) is 102 cm³/mol. The van der Waals surface area contributed by atoms with Crippen molar-refractivity contribution in [3.63, 3.8) is 0 Å². The quantitative estimate of drug-likeness (QED) is 0.552. The highest BCUT2D eigenvalue weighted by molar-refractivity contribution is 9.10. The van der Waals surface area contributed by atoms with Gasteiger partial charge in [0.15, 0.2) is 5.13 Å². The Morgan fingerprint density at radius 1 is 1.29 bits per heavy atom. The van der Waals surface area contributed by atoms with Crippen molar-refractivity contribution in [2.75, 3.05) is 11.9 Å². The van der Waals surface area contributed by atoms with Gasteiger partial charge in [0.25, 0.3) is 5.91 Å². The number of nitrogens with one attached hydrogen (secondary N) is 1. The van der Waals surface area contributed by atoms with E-state index in [2.05, 4.69) is 33.2 Å². The maximum atomic E-state index is 12.4. The molecule has 0 atom stereocenters. The highest BCUT2D eigenvalue weighted by Gasteiger charge is 2.12. The normalized spacial score (nSPS) is 10.8. The van der Waals surface area contributed by atoms with Crippen molar-refractivity contribution in [2.45, 2.75) is 19.8 Å². The number of anilines is 1. The summed E-state index contributed by atoms with van der Waals surface area (Å²) in [5.41, 5.74) is 1.41. The minimum absolute atomic E-state index is 0.189. The van der Waals surface area contributed by atoms with Crippen LogP contribution >= 0.6 is 27.3 Å². The first-order valence-electron chi connectivity index (χ1n) is 7.76. The fraction of sp³-hybridized carbons (Fsp3) is 0.222. The van der Waals surface area contributed by atoms with E-state index in [1.807, 2.05) is 30.3 Å². The zero-order chi connectivity index (χ0) is 16.9. The van der Waals surface area contributed by atoms with Crippen molar-refractivity contribution < 1.29 is 9.53 Å². The van der Waals surface area contributed by atoms with Gasteiger partial charge in [0, 0.05) is 10.0 Å².